The van der Waals surface area contributed by atoms with E-state index in [9.17, 15) is 0 Å². The van der Waals surface area contributed by atoms with E-state index in [1.54, 1.807) is 18.6 Å². The monoisotopic (exact) mass is 227 g/mol. The van der Waals surface area contributed by atoms with Gasteiger partial charge in [-0.05, 0) is 18.4 Å². The van der Waals surface area contributed by atoms with Crippen molar-refractivity contribution in [2.45, 2.75) is 12.8 Å². The molecule has 2 aromatic rings. The van der Waals surface area contributed by atoms with Crippen molar-refractivity contribution >= 4 is 5.82 Å². The summed E-state index contributed by atoms with van der Waals surface area (Å²) in [5.74, 6) is 0.931. The summed E-state index contributed by atoms with van der Waals surface area (Å²) in [4.78, 5) is 10.5. The molecule has 17 heavy (non-hydrogen) atoms. The zero-order valence-electron chi connectivity index (χ0n) is 10.1. The van der Waals surface area contributed by atoms with Gasteiger partial charge in [0.15, 0.2) is 0 Å². The fraction of sp³-hybridized carbons (Fsp3) is 0.286. The van der Waals surface area contributed by atoms with E-state index in [2.05, 4.69) is 52.2 Å². The van der Waals surface area contributed by atoms with Crippen LogP contribution in [0.4, 0.5) is 5.82 Å². The van der Waals surface area contributed by atoms with Crippen LogP contribution in [0, 0.1) is 0 Å². The zero-order chi connectivity index (χ0) is 11.9. The van der Waals surface area contributed by atoms with Gasteiger partial charge in [-0.25, -0.2) is 4.98 Å². The van der Waals surface area contributed by atoms with Crippen LogP contribution in [0.3, 0.4) is 0 Å². The van der Waals surface area contributed by atoms with Gasteiger partial charge in [0.2, 0.25) is 0 Å². The molecule has 0 N–H and O–H groups in total. The summed E-state index contributed by atoms with van der Waals surface area (Å²) in [5, 5.41) is 0. The Bertz CT molecular complexity index is 428. The van der Waals surface area contributed by atoms with E-state index in [-0.39, 0.29) is 0 Å². The molecule has 0 amide bonds. The third-order valence-corrected chi connectivity index (χ3v) is 2.74. The van der Waals surface area contributed by atoms with Crippen molar-refractivity contribution in [3.8, 4) is 0 Å². The average molecular weight is 227 g/mol. The number of hydrogen-bond donors (Lipinski definition) is 0. The van der Waals surface area contributed by atoms with Gasteiger partial charge in [0.05, 0.1) is 6.20 Å². The number of hydrogen-bond acceptors (Lipinski definition) is 3. The van der Waals surface area contributed by atoms with Crippen molar-refractivity contribution in [1.82, 2.24) is 9.97 Å². The van der Waals surface area contributed by atoms with Crippen LogP contribution in [0.1, 0.15) is 12.0 Å². The molecular formula is C14H17N3. The third kappa shape index (κ3) is 3.55. The van der Waals surface area contributed by atoms with Crippen LogP contribution in [0.2, 0.25) is 0 Å². The van der Waals surface area contributed by atoms with E-state index in [0.29, 0.717) is 0 Å². The molecule has 0 spiro atoms. The maximum atomic E-state index is 4.27. The maximum Gasteiger partial charge on any atom is 0.146 e. The molecule has 0 atom stereocenters. The molecule has 1 heterocycles. The fourth-order valence-corrected chi connectivity index (χ4v) is 1.77. The van der Waals surface area contributed by atoms with E-state index in [1.165, 1.54) is 5.56 Å². The molecule has 0 saturated heterocycles. The van der Waals surface area contributed by atoms with E-state index < -0.39 is 0 Å². The Balaban J connectivity index is 1.79. The maximum absolute atomic E-state index is 4.27. The van der Waals surface area contributed by atoms with Gasteiger partial charge >= 0.3 is 0 Å². The van der Waals surface area contributed by atoms with Gasteiger partial charge in [-0.15, -0.1) is 0 Å². The highest BCUT2D eigenvalue weighted by atomic mass is 15.2. The first-order valence-corrected chi connectivity index (χ1v) is 5.87. The molecule has 88 valence electrons. The summed E-state index contributed by atoms with van der Waals surface area (Å²) in [6, 6.07) is 10.6. The first-order chi connectivity index (χ1) is 8.36. The Morgan fingerprint density at radius 3 is 2.65 bits per heavy atom. The molecule has 0 bridgehead atoms. The molecule has 0 radical (unpaired) electrons. The van der Waals surface area contributed by atoms with E-state index in [0.717, 1.165) is 25.2 Å². The lowest BCUT2D eigenvalue weighted by Crippen LogP contribution is -2.20. The van der Waals surface area contributed by atoms with Crippen LogP contribution in [0.25, 0.3) is 0 Å². The minimum Gasteiger partial charge on any atom is -0.358 e. The molecule has 3 nitrogen and oxygen atoms in total. The molecule has 0 saturated carbocycles. The highest BCUT2D eigenvalue weighted by molar-refractivity contribution is 5.33. The minimum atomic E-state index is 0.931. The Labute approximate surface area is 102 Å². The van der Waals surface area contributed by atoms with Crippen molar-refractivity contribution in [3.63, 3.8) is 0 Å². The smallest absolute Gasteiger partial charge is 0.146 e. The number of aromatic nitrogens is 2. The number of nitrogens with zero attached hydrogens (tertiary/aromatic N) is 3. The van der Waals surface area contributed by atoms with Crippen LogP contribution in [-0.2, 0) is 6.42 Å². The van der Waals surface area contributed by atoms with Gasteiger partial charge in [-0.2, -0.15) is 0 Å². The summed E-state index contributed by atoms with van der Waals surface area (Å²) in [6.07, 6.45) is 7.44. The normalized spacial score (nSPS) is 10.2. The Kier molecular flexibility index (Phi) is 4.08. The lowest BCUT2D eigenvalue weighted by Gasteiger charge is -2.17. The van der Waals surface area contributed by atoms with Gasteiger partial charge in [-0.1, -0.05) is 30.3 Å². The van der Waals surface area contributed by atoms with Gasteiger partial charge in [0.25, 0.3) is 0 Å². The van der Waals surface area contributed by atoms with Gasteiger partial charge in [0.1, 0.15) is 5.82 Å². The molecule has 3 heteroatoms. The summed E-state index contributed by atoms with van der Waals surface area (Å²) in [7, 11) is 2.05. The molecule has 0 unspecified atom stereocenters. The Hall–Kier alpha value is -1.90. The van der Waals surface area contributed by atoms with Crippen LogP contribution in [0.15, 0.2) is 48.9 Å². The quantitative estimate of drug-likeness (QED) is 0.786. The lowest BCUT2D eigenvalue weighted by molar-refractivity contribution is 0.775. The number of rotatable bonds is 5. The molecule has 1 aromatic carbocycles. The van der Waals surface area contributed by atoms with Gasteiger partial charge in [0, 0.05) is 26.0 Å². The number of aryl methyl sites for hydroxylation is 1. The summed E-state index contributed by atoms with van der Waals surface area (Å²) >= 11 is 0. The van der Waals surface area contributed by atoms with Gasteiger partial charge in [-0.3, -0.25) is 4.98 Å². The second-order valence-electron chi connectivity index (χ2n) is 4.07. The SMILES string of the molecule is CN(CCCc1ccccc1)c1cnccn1. The second kappa shape index (κ2) is 5.99. The van der Waals surface area contributed by atoms with Crippen LogP contribution < -0.4 is 4.90 Å². The highest BCUT2D eigenvalue weighted by Gasteiger charge is 2.01. The van der Waals surface area contributed by atoms with E-state index in [1.807, 2.05) is 0 Å². The van der Waals surface area contributed by atoms with Crippen molar-refractivity contribution in [2.75, 3.05) is 18.5 Å². The molecule has 0 aliphatic rings. The topological polar surface area (TPSA) is 29.0 Å². The Morgan fingerprint density at radius 1 is 1.12 bits per heavy atom. The van der Waals surface area contributed by atoms with Gasteiger partial charge < -0.3 is 4.90 Å². The summed E-state index contributed by atoms with van der Waals surface area (Å²) in [6.45, 7) is 0.994. The predicted octanol–water partition coefficient (Wildman–Crippen LogP) is 2.55. The standard InChI is InChI=1S/C14H17N3/c1-17(14-12-15-9-10-16-14)11-5-8-13-6-3-2-4-7-13/h2-4,6-7,9-10,12H,5,8,11H2,1H3. The van der Waals surface area contributed by atoms with Crippen LogP contribution in [-0.4, -0.2) is 23.6 Å². The Morgan fingerprint density at radius 2 is 1.94 bits per heavy atom. The number of anilines is 1. The first-order valence-electron chi connectivity index (χ1n) is 5.87. The number of benzene rings is 1. The van der Waals surface area contributed by atoms with Crippen molar-refractivity contribution in [2.24, 2.45) is 0 Å². The fourth-order valence-electron chi connectivity index (χ4n) is 1.77. The second-order valence-corrected chi connectivity index (χ2v) is 4.07. The van der Waals surface area contributed by atoms with E-state index >= 15 is 0 Å². The van der Waals surface area contributed by atoms with Crippen molar-refractivity contribution < 1.29 is 0 Å². The molecule has 0 fully saturated rings. The van der Waals surface area contributed by atoms with Crippen LogP contribution >= 0.6 is 0 Å². The predicted molar refractivity (Wildman–Crippen MR) is 70.1 cm³/mol. The minimum absolute atomic E-state index is 0.931. The average Bonchev–Trinajstić information content (AvgIpc) is 2.41. The first kappa shape index (κ1) is 11.6. The highest BCUT2D eigenvalue weighted by Crippen LogP contribution is 2.07. The molecular weight excluding hydrogens is 210 g/mol. The largest absolute Gasteiger partial charge is 0.358 e. The molecule has 1 aromatic heterocycles. The zero-order valence-corrected chi connectivity index (χ0v) is 10.1. The molecule has 2 rings (SSSR count). The lowest BCUT2D eigenvalue weighted by atomic mass is 10.1. The van der Waals surface area contributed by atoms with Crippen molar-refractivity contribution in [3.05, 3.63) is 54.5 Å². The van der Waals surface area contributed by atoms with Crippen molar-refractivity contribution in [1.29, 1.82) is 0 Å². The molecule has 0 aliphatic heterocycles. The third-order valence-electron chi connectivity index (χ3n) is 2.74. The summed E-state index contributed by atoms with van der Waals surface area (Å²) in [5.41, 5.74) is 1.39. The van der Waals surface area contributed by atoms with E-state index in [4.69, 9.17) is 0 Å². The molecule has 0 aliphatic carbocycles. The summed E-state index contributed by atoms with van der Waals surface area (Å²) < 4.78 is 0. The van der Waals surface area contributed by atoms with Crippen LogP contribution in [0.5, 0.6) is 0 Å².